The molecule has 1 amide bonds. The molecule has 0 spiro atoms. The van der Waals surface area contributed by atoms with Gasteiger partial charge < -0.3 is 14.8 Å². The number of tetrazole rings is 1. The maximum absolute atomic E-state index is 14.7. The summed E-state index contributed by atoms with van der Waals surface area (Å²) in [5.74, 6) is -2.43. The van der Waals surface area contributed by atoms with Crippen LogP contribution in [0.3, 0.4) is 0 Å². The zero-order valence-electron chi connectivity index (χ0n) is 19.7. The maximum atomic E-state index is 14.7. The minimum atomic E-state index is -5.13. The molecule has 0 aliphatic carbocycles. The topological polar surface area (TPSA) is 102 Å². The van der Waals surface area contributed by atoms with E-state index in [0.29, 0.717) is 0 Å². The van der Waals surface area contributed by atoms with Crippen molar-refractivity contribution in [3.63, 3.8) is 0 Å². The molecule has 8 nitrogen and oxygen atoms in total. The number of aromatic nitrogens is 4. The van der Waals surface area contributed by atoms with E-state index in [0.717, 1.165) is 48.5 Å². The number of carbonyl (C=O) groups excluding carboxylic acids is 1. The van der Waals surface area contributed by atoms with Crippen molar-refractivity contribution in [2.75, 3.05) is 6.61 Å². The van der Waals surface area contributed by atoms with Gasteiger partial charge in [0.15, 0.2) is 5.54 Å². The van der Waals surface area contributed by atoms with Crippen molar-refractivity contribution in [2.24, 2.45) is 0 Å². The Kier molecular flexibility index (Phi) is 7.42. The molecule has 1 atom stereocenters. The Labute approximate surface area is 218 Å². The van der Waals surface area contributed by atoms with E-state index >= 15 is 0 Å². The third-order valence-electron chi connectivity index (χ3n) is 5.79. The molecule has 0 saturated heterocycles. The first kappa shape index (κ1) is 28.7. The first-order valence-electron chi connectivity index (χ1n) is 11.1. The molecule has 0 saturated carbocycles. The zero-order valence-corrected chi connectivity index (χ0v) is 19.7. The number of halogens is 9. The molecule has 0 bridgehead atoms. The first-order valence-corrected chi connectivity index (χ1v) is 11.1. The lowest BCUT2D eigenvalue weighted by molar-refractivity contribution is -0.274. The van der Waals surface area contributed by atoms with Crippen molar-refractivity contribution in [1.29, 1.82) is 0 Å². The summed E-state index contributed by atoms with van der Waals surface area (Å²) in [4.78, 5) is 13.2. The summed E-state index contributed by atoms with van der Waals surface area (Å²) in [6.45, 7) is -0.765. The average molecular weight is 581 g/mol. The molecule has 17 heteroatoms. The number of nitrogens with zero attached hydrogens (tertiary/aromatic N) is 3. The van der Waals surface area contributed by atoms with Gasteiger partial charge in [0, 0.05) is 6.42 Å². The highest BCUT2D eigenvalue weighted by atomic mass is 19.4. The number of ether oxygens (including phenoxy) is 2. The van der Waals surface area contributed by atoms with Crippen LogP contribution in [0, 0.1) is 0 Å². The molecule has 1 aliphatic rings. The van der Waals surface area contributed by atoms with E-state index in [1.165, 1.54) is 0 Å². The third kappa shape index (κ3) is 6.28. The number of hydrogen-bond donors (Lipinski definition) is 2. The van der Waals surface area contributed by atoms with Crippen LogP contribution in [0.15, 0.2) is 48.5 Å². The summed E-state index contributed by atoms with van der Waals surface area (Å²) in [5.41, 5.74) is -4.29. The van der Waals surface area contributed by atoms with Gasteiger partial charge in [-0.15, -0.1) is 23.4 Å². The lowest BCUT2D eigenvalue weighted by atomic mass is 9.76. The van der Waals surface area contributed by atoms with Gasteiger partial charge in [-0.2, -0.15) is 31.6 Å². The highest BCUT2D eigenvalue weighted by Gasteiger charge is 2.60. The Morgan fingerprint density at radius 1 is 0.875 bits per heavy atom. The molecule has 214 valence electrons. The van der Waals surface area contributed by atoms with Crippen LogP contribution < -0.4 is 14.8 Å². The van der Waals surface area contributed by atoms with Crippen LogP contribution in [0.25, 0.3) is 11.1 Å². The third-order valence-corrected chi connectivity index (χ3v) is 5.79. The SMILES string of the molecule is O=C1NC(c2ccc(OCCC(F)(F)F)cc2)(C(F)(F)F)CC(c2ccc(OC(F)(F)F)cc2)=C1c1nn[nH]n1. The highest BCUT2D eigenvalue weighted by molar-refractivity contribution is 6.27. The highest BCUT2D eigenvalue weighted by Crippen LogP contribution is 2.49. The number of nitrogens with one attached hydrogen (secondary N) is 2. The van der Waals surface area contributed by atoms with Crippen molar-refractivity contribution in [3.8, 4) is 11.5 Å². The molecule has 2 heterocycles. The van der Waals surface area contributed by atoms with Gasteiger partial charge in [0.25, 0.3) is 5.91 Å². The van der Waals surface area contributed by atoms with Crippen molar-refractivity contribution >= 4 is 17.1 Å². The minimum Gasteiger partial charge on any atom is -0.493 e. The van der Waals surface area contributed by atoms with E-state index in [4.69, 9.17) is 4.74 Å². The summed E-state index contributed by atoms with van der Waals surface area (Å²) >= 11 is 0. The number of benzene rings is 2. The predicted octanol–water partition coefficient (Wildman–Crippen LogP) is 5.32. The Bertz CT molecular complexity index is 1370. The van der Waals surface area contributed by atoms with Crippen LogP contribution in [0.4, 0.5) is 39.5 Å². The molecule has 0 radical (unpaired) electrons. The zero-order chi connectivity index (χ0) is 29.3. The molecular formula is C23H16F9N5O3. The van der Waals surface area contributed by atoms with Crippen molar-refractivity contribution in [3.05, 3.63) is 65.5 Å². The van der Waals surface area contributed by atoms with Gasteiger partial charge in [0.1, 0.15) is 11.5 Å². The molecule has 1 unspecified atom stereocenters. The molecule has 2 aromatic carbocycles. The Balaban J connectivity index is 1.75. The first-order chi connectivity index (χ1) is 18.6. The normalized spacial score (nSPS) is 18.5. The molecule has 2 N–H and O–H groups in total. The van der Waals surface area contributed by atoms with E-state index in [1.807, 2.05) is 5.32 Å². The van der Waals surface area contributed by atoms with E-state index in [1.54, 1.807) is 0 Å². The van der Waals surface area contributed by atoms with Gasteiger partial charge in [0.2, 0.25) is 5.82 Å². The molecule has 1 aromatic heterocycles. The Morgan fingerprint density at radius 2 is 1.50 bits per heavy atom. The maximum Gasteiger partial charge on any atom is 0.573 e. The van der Waals surface area contributed by atoms with Crippen molar-refractivity contribution in [2.45, 2.75) is 37.1 Å². The fourth-order valence-corrected chi connectivity index (χ4v) is 4.03. The van der Waals surface area contributed by atoms with Gasteiger partial charge in [-0.25, -0.2) is 0 Å². The van der Waals surface area contributed by atoms with Crippen molar-refractivity contribution < 1.29 is 53.8 Å². The predicted molar refractivity (Wildman–Crippen MR) is 117 cm³/mol. The second-order valence-electron chi connectivity index (χ2n) is 8.43. The monoisotopic (exact) mass is 581 g/mol. The van der Waals surface area contributed by atoms with Crippen LogP contribution in [0.5, 0.6) is 11.5 Å². The number of H-pyrrole nitrogens is 1. The molecular weight excluding hydrogens is 565 g/mol. The Morgan fingerprint density at radius 3 is 2.02 bits per heavy atom. The molecule has 0 fully saturated rings. The van der Waals surface area contributed by atoms with E-state index in [9.17, 15) is 44.3 Å². The second kappa shape index (κ2) is 10.3. The van der Waals surface area contributed by atoms with E-state index in [-0.39, 0.29) is 22.7 Å². The smallest absolute Gasteiger partial charge is 0.493 e. The van der Waals surface area contributed by atoms with Crippen LogP contribution >= 0.6 is 0 Å². The number of amides is 1. The van der Waals surface area contributed by atoms with Gasteiger partial charge in [-0.3, -0.25) is 4.79 Å². The lowest BCUT2D eigenvalue weighted by Crippen LogP contribution is -2.58. The summed E-state index contributed by atoms with van der Waals surface area (Å²) in [6, 6.07) is 7.71. The average Bonchev–Trinajstić information content (AvgIpc) is 3.36. The largest absolute Gasteiger partial charge is 0.573 e. The van der Waals surface area contributed by atoms with Crippen molar-refractivity contribution in [1.82, 2.24) is 25.9 Å². The molecule has 40 heavy (non-hydrogen) atoms. The van der Waals surface area contributed by atoms with Crippen LogP contribution in [-0.2, 0) is 10.3 Å². The van der Waals surface area contributed by atoms with Gasteiger partial charge in [-0.1, -0.05) is 24.3 Å². The number of hydrogen-bond acceptors (Lipinski definition) is 6. The van der Waals surface area contributed by atoms with Gasteiger partial charge >= 0.3 is 18.7 Å². The number of alkyl halides is 9. The summed E-state index contributed by atoms with van der Waals surface area (Å²) in [5, 5.41) is 14.6. The number of rotatable bonds is 7. The van der Waals surface area contributed by atoms with Crippen LogP contribution in [0.2, 0.25) is 0 Å². The summed E-state index contributed by atoms with van der Waals surface area (Å²) < 4.78 is 128. The Hall–Kier alpha value is -4.31. The fourth-order valence-electron chi connectivity index (χ4n) is 4.03. The summed E-state index contributed by atoms with van der Waals surface area (Å²) in [7, 11) is 0. The standard InChI is InChI=1S/C23H16F9N5O3/c24-21(25,26)9-10-39-14-7-3-13(4-8-14)20(22(27,28)29)11-16(17(19(38)33-20)18-34-36-37-35-18)12-1-5-15(6-2-12)40-23(30,31)32/h1-8H,9-11H2,(H,33,38)(H,34,35,36,37). The summed E-state index contributed by atoms with van der Waals surface area (Å²) in [6.07, 6.45) is -16.9. The quantitative estimate of drug-likeness (QED) is 0.367. The van der Waals surface area contributed by atoms with Crippen LogP contribution in [-0.4, -0.2) is 51.9 Å². The van der Waals surface area contributed by atoms with Gasteiger partial charge in [0.05, 0.1) is 18.6 Å². The van der Waals surface area contributed by atoms with E-state index in [2.05, 4.69) is 25.4 Å². The fraction of sp³-hybridized carbons (Fsp3) is 0.304. The molecule has 4 rings (SSSR count). The second-order valence-corrected chi connectivity index (χ2v) is 8.43. The van der Waals surface area contributed by atoms with Gasteiger partial charge in [-0.05, 0) is 46.2 Å². The number of aromatic amines is 1. The lowest BCUT2D eigenvalue weighted by Gasteiger charge is -2.41. The van der Waals surface area contributed by atoms with E-state index < -0.39 is 66.5 Å². The minimum absolute atomic E-state index is 0.0649. The molecule has 1 aliphatic heterocycles. The number of carbonyl (C=O) groups is 1. The molecule has 3 aromatic rings. The van der Waals surface area contributed by atoms with Crippen LogP contribution in [0.1, 0.15) is 29.8 Å².